The Kier molecular flexibility index (Phi) is 7.56. The van der Waals surface area contributed by atoms with E-state index in [1.165, 1.54) is 19.1 Å². The molecule has 0 unspecified atom stereocenters. The van der Waals surface area contributed by atoms with Gasteiger partial charge in [-0.3, -0.25) is 0 Å². The molecular weight excluding hydrogens is 331 g/mol. The smallest absolute Gasteiger partial charge is 0.331 e. The summed E-state index contributed by atoms with van der Waals surface area (Å²) in [5.74, 6) is -0.567. The van der Waals surface area contributed by atoms with Gasteiger partial charge in [-0.05, 0) is 87.1 Å². The fourth-order valence-electron chi connectivity index (χ4n) is 2.44. The Morgan fingerprint density at radius 1 is 1.04 bits per heavy atom. The van der Waals surface area contributed by atoms with Crippen LogP contribution in [0.25, 0.3) is 6.08 Å². The predicted octanol–water partition coefficient (Wildman–Crippen LogP) is 5.85. The minimum Gasteiger partial charge on any atom is -0.496 e. The topological polar surface area (TPSA) is 46.5 Å². The van der Waals surface area contributed by atoms with Crippen LogP contribution in [0.2, 0.25) is 0 Å². The molecule has 0 aliphatic rings. The van der Waals surface area contributed by atoms with Crippen molar-refractivity contribution in [3.05, 3.63) is 69.1 Å². The van der Waals surface area contributed by atoms with Crippen molar-refractivity contribution in [3.8, 4) is 5.75 Å². The van der Waals surface area contributed by atoms with Crippen molar-refractivity contribution in [2.24, 2.45) is 0 Å². The van der Waals surface area contributed by atoms with Crippen molar-refractivity contribution in [3.63, 3.8) is 0 Å². The van der Waals surface area contributed by atoms with Crippen molar-refractivity contribution in [2.75, 3.05) is 7.11 Å². The summed E-state index contributed by atoms with van der Waals surface area (Å²) in [5, 5.41) is 8.93. The van der Waals surface area contributed by atoms with E-state index in [0.29, 0.717) is 11.1 Å². The Labute approximate surface area is 155 Å². The maximum atomic E-state index is 14.3. The number of carboxylic acids is 1. The van der Waals surface area contributed by atoms with Gasteiger partial charge in [0, 0.05) is 5.57 Å². The number of aryl methyl sites for hydroxylation is 1. The second kappa shape index (κ2) is 9.18. The number of halogens is 1. The van der Waals surface area contributed by atoms with Crippen LogP contribution in [0.3, 0.4) is 0 Å². The summed E-state index contributed by atoms with van der Waals surface area (Å²) in [4.78, 5) is 10.9. The summed E-state index contributed by atoms with van der Waals surface area (Å²) < 4.78 is 19.6. The summed E-state index contributed by atoms with van der Waals surface area (Å²) in [6.07, 6.45) is 6.39. The Morgan fingerprint density at radius 3 is 2.19 bits per heavy atom. The normalized spacial score (nSPS) is 13.8. The second-order valence-electron chi connectivity index (χ2n) is 6.37. The highest BCUT2D eigenvalue weighted by Gasteiger charge is 2.08. The van der Waals surface area contributed by atoms with Crippen LogP contribution in [0.1, 0.15) is 43.0 Å². The lowest BCUT2D eigenvalue weighted by Crippen LogP contribution is -1.98. The molecule has 140 valence electrons. The zero-order valence-corrected chi connectivity index (χ0v) is 16.5. The van der Waals surface area contributed by atoms with Crippen molar-refractivity contribution < 1.29 is 19.0 Å². The quantitative estimate of drug-likeness (QED) is 0.512. The van der Waals surface area contributed by atoms with Crippen molar-refractivity contribution in [2.45, 2.75) is 41.5 Å². The predicted molar refractivity (Wildman–Crippen MR) is 105 cm³/mol. The van der Waals surface area contributed by atoms with Crippen LogP contribution in [0.15, 0.2) is 46.8 Å². The monoisotopic (exact) mass is 358 g/mol. The van der Waals surface area contributed by atoms with Gasteiger partial charge in [-0.25, -0.2) is 9.18 Å². The fourth-order valence-corrected chi connectivity index (χ4v) is 2.44. The average Bonchev–Trinajstić information content (AvgIpc) is 2.60. The van der Waals surface area contributed by atoms with E-state index in [0.717, 1.165) is 28.0 Å². The molecule has 0 saturated carbocycles. The van der Waals surface area contributed by atoms with Gasteiger partial charge < -0.3 is 9.84 Å². The van der Waals surface area contributed by atoms with Crippen LogP contribution in [-0.2, 0) is 4.79 Å². The Morgan fingerprint density at radius 2 is 1.65 bits per heavy atom. The van der Waals surface area contributed by atoms with E-state index < -0.39 is 11.8 Å². The Balaban J connectivity index is 3.15. The number of methoxy groups -OCH3 is 1. The fraction of sp³-hybridized carbons (Fsp3) is 0.318. The molecule has 0 spiro atoms. The number of benzene rings is 1. The molecule has 0 aliphatic heterocycles. The first-order chi connectivity index (χ1) is 12.1. The molecule has 0 atom stereocenters. The highest BCUT2D eigenvalue weighted by molar-refractivity contribution is 5.87. The van der Waals surface area contributed by atoms with Gasteiger partial charge in [-0.15, -0.1) is 0 Å². The molecule has 0 heterocycles. The van der Waals surface area contributed by atoms with Gasteiger partial charge >= 0.3 is 5.97 Å². The van der Waals surface area contributed by atoms with E-state index in [-0.39, 0.29) is 5.57 Å². The van der Waals surface area contributed by atoms with Crippen molar-refractivity contribution in [1.82, 2.24) is 0 Å². The second-order valence-corrected chi connectivity index (χ2v) is 6.37. The molecule has 1 aromatic rings. The number of hydrogen-bond acceptors (Lipinski definition) is 2. The van der Waals surface area contributed by atoms with E-state index in [9.17, 15) is 9.18 Å². The molecule has 1 rings (SSSR count). The highest BCUT2D eigenvalue weighted by atomic mass is 19.1. The highest BCUT2D eigenvalue weighted by Crippen LogP contribution is 2.28. The number of carbonyl (C=O) groups is 1. The molecule has 0 radical (unpaired) electrons. The molecule has 0 aliphatic carbocycles. The number of rotatable bonds is 6. The van der Waals surface area contributed by atoms with Crippen LogP contribution in [0, 0.1) is 20.8 Å². The Bertz CT molecular complexity index is 824. The number of carboxylic acid groups (broad SMARTS) is 1. The van der Waals surface area contributed by atoms with Gasteiger partial charge in [0.05, 0.1) is 7.11 Å². The molecule has 0 saturated heterocycles. The van der Waals surface area contributed by atoms with Crippen molar-refractivity contribution in [1.29, 1.82) is 0 Å². The lowest BCUT2D eigenvalue weighted by molar-refractivity contribution is -0.132. The van der Waals surface area contributed by atoms with Crippen LogP contribution in [-0.4, -0.2) is 18.2 Å². The summed E-state index contributed by atoms with van der Waals surface area (Å²) in [6, 6.07) is 1.97. The molecule has 1 aromatic carbocycles. The lowest BCUT2D eigenvalue weighted by atomic mass is 9.96. The maximum Gasteiger partial charge on any atom is 0.331 e. The van der Waals surface area contributed by atoms with E-state index in [1.54, 1.807) is 27.0 Å². The third-order valence-electron chi connectivity index (χ3n) is 4.60. The zero-order chi connectivity index (χ0) is 20.0. The lowest BCUT2D eigenvalue weighted by Gasteiger charge is -2.13. The van der Waals surface area contributed by atoms with Gasteiger partial charge in [0.2, 0.25) is 0 Å². The van der Waals surface area contributed by atoms with Crippen LogP contribution in [0.5, 0.6) is 5.75 Å². The van der Waals surface area contributed by atoms with Crippen LogP contribution >= 0.6 is 0 Å². The third kappa shape index (κ3) is 5.19. The molecule has 0 amide bonds. The van der Waals surface area contributed by atoms with E-state index in [4.69, 9.17) is 9.84 Å². The summed E-state index contributed by atoms with van der Waals surface area (Å²) in [6.45, 7) is 10.8. The van der Waals surface area contributed by atoms with Crippen LogP contribution in [0.4, 0.5) is 4.39 Å². The minimum absolute atomic E-state index is 0.196. The van der Waals surface area contributed by atoms with Gasteiger partial charge in [0.1, 0.15) is 11.6 Å². The van der Waals surface area contributed by atoms with Crippen LogP contribution < -0.4 is 4.74 Å². The summed E-state index contributed by atoms with van der Waals surface area (Å²) in [7, 11) is 1.65. The Hall–Kier alpha value is -2.62. The van der Waals surface area contributed by atoms with E-state index in [2.05, 4.69) is 0 Å². The maximum absolute atomic E-state index is 14.3. The molecule has 0 fully saturated rings. The summed E-state index contributed by atoms with van der Waals surface area (Å²) in [5.41, 5.74) is 5.43. The molecule has 4 heteroatoms. The van der Waals surface area contributed by atoms with Gasteiger partial charge in [0.25, 0.3) is 0 Å². The molecule has 3 nitrogen and oxygen atoms in total. The first-order valence-corrected chi connectivity index (χ1v) is 8.38. The summed E-state index contributed by atoms with van der Waals surface area (Å²) >= 11 is 0. The first-order valence-electron chi connectivity index (χ1n) is 8.38. The molecule has 0 aromatic heterocycles. The largest absolute Gasteiger partial charge is 0.496 e. The van der Waals surface area contributed by atoms with Crippen molar-refractivity contribution >= 4 is 12.0 Å². The van der Waals surface area contributed by atoms with Gasteiger partial charge in [-0.2, -0.15) is 0 Å². The molecule has 26 heavy (non-hydrogen) atoms. The third-order valence-corrected chi connectivity index (χ3v) is 4.60. The molecule has 1 N–H and O–H groups in total. The SMILES string of the molecule is COc1cc(C)c(C=CC(C)=C(F)C=CC(C)=C(C)C(=O)O)c(C)c1C. The zero-order valence-electron chi connectivity index (χ0n) is 16.5. The van der Waals surface area contributed by atoms with E-state index >= 15 is 0 Å². The number of allylic oxidation sites excluding steroid dienone is 6. The number of hydrogen-bond donors (Lipinski definition) is 1. The van der Waals surface area contributed by atoms with Gasteiger partial charge in [-0.1, -0.05) is 18.2 Å². The standard InChI is InChI=1S/C22H27FO3/c1-13(16(4)22(24)25)9-11-20(23)14(2)8-10-19-15(3)12-21(26-7)18(6)17(19)5/h8-12H,1-7H3,(H,24,25). The number of ether oxygens (including phenoxy) is 1. The number of aliphatic carboxylic acids is 1. The molecule has 0 bridgehead atoms. The van der Waals surface area contributed by atoms with E-state index in [1.807, 2.05) is 32.9 Å². The average molecular weight is 358 g/mol. The first kappa shape index (κ1) is 21.4. The van der Waals surface area contributed by atoms with Gasteiger partial charge in [0.15, 0.2) is 0 Å². The molecular formula is C22H27FO3. The minimum atomic E-state index is -1.01.